The number of epoxide rings is 1. The van der Waals surface area contributed by atoms with Gasteiger partial charge in [-0.1, -0.05) is 89.7 Å². The van der Waals surface area contributed by atoms with Crippen LogP contribution >= 0.6 is 46.1 Å². The first kappa shape index (κ1) is 42.2. The molecule has 2 aliphatic rings. The molecule has 0 aliphatic carbocycles. The van der Waals surface area contributed by atoms with E-state index in [-0.39, 0.29) is 35.4 Å². The predicted molar refractivity (Wildman–Crippen MR) is 198 cm³/mol. The second kappa shape index (κ2) is 16.6. The summed E-state index contributed by atoms with van der Waals surface area (Å²) in [5.74, 6) is -1.67. The van der Waals surface area contributed by atoms with Crippen molar-refractivity contribution in [2.45, 2.75) is 147 Å². The fourth-order valence-electron chi connectivity index (χ4n) is 5.98. The van der Waals surface area contributed by atoms with Gasteiger partial charge in [0.25, 0.3) is 0 Å². The molecule has 1 aromatic heterocycles. The van der Waals surface area contributed by atoms with Crippen molar-refractivity contribution >= 4 is 78.4 Å². The molecule has 0 saturated carbocycles. The number of ether oxygens (including phenoxy) is 4. The molecule has 9 nitrogen and oxygen atoms in total. The number of halogens is 3. The summed E-state index contributed by atoms with van der Waals surface area (Å²) in [6.07, 6.45) is 1.25. The lowest BCUT2D eigenvalue weighted by Crippen LogP contribution is -2.53. The summed E-state index contributed by atoms with van der Waals surface area (Å²) in [6.45, 7) is 21.2. The highest BCUT2D eigenvalue weighted by atomic mass is 35.6. The van der Waals surface area contributed by atoms with Crippen LogP contribution in [0.1, 0.15) is 98.2 Å². The molecule has 0 amide bonds. The Morgan fingerprint density at radius 2 is 1.80 bits per heavy atom. The van der Waals surface area contributed by atoms with Gasteiger partial charge in [-0.25, -0.2) is 9.78 Å². The van der Waals surface area contributed by atoms with Crippen molar-refractivity contribution in [3.05, 3.63) is 21.7 Å². The molecular formula is C35H54Cl3NO8SSi. The van der Waals surface area contributed by atoms with Gasteiger partial charge in [-0.05, 0) is 62.4 Å². The third-order valence-corrected chi connectivity index (χ3v) is 15.8. The number of esters is 1. The van der Waals surface area contributed by atoms with E-state index in [1.807, 2.05) is 32.2 Å². The lowest BCUT2D eigenvalue weighted by molar-refractivity contribution is -0.154. The summed E-state index contributed by atoms with van der Waals surface area (Å²) in [5.41, 5.74) is 0.519. The zero-order chi connectivity index (χ0) is 37.1. The summed E-state index contributed by atoms with van der Waals surface area (Å²) in [6, 6.07) is 0. The van der Waals surface area contributed by atoms with Crippen molar-refractivity contribution in [1.82, 2.24) is 4.98 Å². The molecule has 0 N–H and O–H groups in total. The van der Waals surface area contributed by atoms with E-state index in [4.69, 9.17) is 58.2 Å². The van der Waals surface area contributed by atoms with Crippen LogP contribution in [0.3, 0.4) is 0 Å². The third-order valence-electron chi connectivity index (χ3n) is 10.2. The molecule has 278 valence electrons. The van der Waals surface area contributed by atoms with Crippen molar-refractivity contribution in [1.29, 1.82) is 0 Å². The number of nitrogens with zero attached hydrogens (tertiary/aromatic N) is 1. The van der Waals surface area contributed by atoms with E-state index in [1.54, 1.807) is 32.1 Å². The molecule has 0 bridgehead atoms. The van der Waals surface area contributed by atoms with Crippen LogP contribution in [0.15, 0.2) is 11.0 Å². The number of hydrogen-bond acceptors (Lipinski definition) is 10. The van der Waals surface area contributed by atoms with Crippen LogP contribution in [0.5, 0.6) is 0 Å². The van der Waals surface area contributed by atoms with Gasteiger partial charge in [-0.2, -0.15) is 0 Å². The predicted octanol–water partition coefficient (Wildman–Crippen LogP) is 9.65. The first-order valence-electron chi connectivity index (χ1n) is 17.0. The summed E-state index contributed by atoms with van der Waals surface area (Å²) < 4.78 is 28.2. The fourth-order valence-corrected chi connectivity index (χ4v) is 8.16. The average molecular weight is 783 g/mol. The molecule has 7 atom stereocenters. The van der Waals surface area contributed by atoms with Crippen LogP contribution in [-0.2, 0) is 33.0 Å². The molecule has 1 aromatic rings. The molecule has 0 radical (unpaired) electrons. The molecule has 0 aromatic carbocycles. The average Bonchev–Trinajstić information content (AvgIpc) is 3.58. The monoisotopic (exact) mass is 781 g/mol. The minimum Gasteiger partial charge on any atom is -0.458 e. The SMILES string of the molecule is C/C(=C\c1csc(C)n1)[C@@H]1C[C@@H]2O[C@@H]2CCC[C@H](C)C(OC(=O)OCC(Cl)(Cl)Cl)[C@@H](C)C(=O)C(C)(C)[C@@H](O[Si](C)(C)C(C)(C)C)CC(=O)O1. The van der Waals surface area contributed by atoms with E-state index in [0.717, 1.165) is 29.1 Å². The number of thiazole rings is 1. The first-order valence-corrected chi connectivity index (χ1v) is 21.9. The van der Waals surface area contributed by atoms with Gasteiger partial charge >= 0.3 is 12.1 Å². The van der Waals surface area contributed by atoms with Crippen LogP contribution in [0.2, 0.25) is 18.1 Å². The Kier molecular flexibility index (Phi) is 14.3. The smallest absolute Gasteiger partial charge is 0.458 e. The van der Waals surface area contributed by atoms with Crippen LogP contribution in [-0.4, -0.2) is 72.1 Å². The van der Waals surface area contributed by atoms with Gasteiger partial charge in [-0.15, -0.1) is 11.3 Å². The molecule has 2 saturated heterocycles. The van der Waals surface area contributed by atoms with Crippen molar-refractivity contribution in [2.24, 2.45) is 17.3 Å². The van der Waals surface area contributed by atoms with Crippen LogP contribution in [0.25, 0.3) is 6.08 Å². The first-order chi connectivity index (χ1) is 22.4. The maximum absolute atomic E-state index is 14.6. The minimum absolute atomic E-state index is 0.0110. The standard InChI is InChI=1S/C35H54Cl3NO8SSi/c1-20-13-12-14-25-27(44-25)16-26(21(2)15-24-18-48-23(4)39-24)45-29(40)17-28(47-49(10,11)33(5,6)7)34(8,9)31(41)22(3)30(20)46-32(42)43-19-35(36,37)38/h15,18,20,22,25-28,30H,12-14,16-17,19H2,1-11H3/b21-15+/t20-,22+,25+,26-,27-,28-,30?/m0/s1. The number of hydrogen-bond donors (Lipinski definition) is 0. The highest BCUT2D eigenvalue weighted by Crippen LogP contribution is 2.43. The number of alkyl halides is 3. The summed E-state index contributed by atoms with van der Waals surface area (Å²) >= 11 is 18.9. The number of aromatic nitrogens is 1. The van der Waals surface area contributed by atoms with Gasteiger partial charge in [-0.3, -0.25) is 9.59 Å². The fraction of sp³-hybridized carbons (Fsp3) is 0.771. The molecule has 2 fully saturated rings. The van der Waals surface area contributed by atoms with Gasteiger partial charge in [0.15, 0.2) is 8.32 Å². The number of rotatable bonds is 6. The topological polar surface area (TPSA) is 114 Å². The zero-order valence-electron chi connectivity index (χ0n) is 30.7. The maximum atomic E-state index is 14.6. The van der Waals surface area contributed by atoms with Crippen LogP contribution < -0.4 is 0 Å². The number of cyclic esters (lactones) is 1. The Bertz CT molecular complexity index is 1350. The Labute approximate surface area is 312 Å². The quantitative estimate of drug-likeness (QED) is 0.120. The number of carbonyl (C=O) groups is 3. The summed E-state index contributed by atoms with van der Waals surface area (Å²) in [4.78, 5) is 45.8. The maximum Gasteiger partial charge on any atom is 0.508 e. The van der Waals surface area contributed by atoms with Crippen molar-refractivity contribution < 1.29 is 37.8 Å². The molecule has 3 rings (SSSR count). The molecule has 49 heavy (non-hydrogen) atoms. The molecule has 2 aliphatic heterocycles. The van der Waals surface area contributed by atoms with Crippen molar-refractivity contribution in [2.75, 3.05) is 6.61 Å². The van der Waals surface area contributed by atoms with Gasteiger partial charge in [0.2, 0.25) is 3.79 Å². The van der Waals surface area contributed by atoms with Crippen molar-refractivity contribution in [3.63, 3.8) is 0 Å². The molecule has 0 spiro atoms. The highest BCUT2D eigenvalue weighted by molar-refractivity contribution is 7.09. The second-order valence-electron chi connectivity index (χ2n) is 15.7. The number of aryl methyl sites for hydroxylation is 1. The highest BCUT2D eigenvalue weighted by Gasteiger charge is 2.50. The zero-order valence-corrected chi connectivity index (χ0v) is 34.8. The lowest BCUT2D eigenvalue weighted by atomic mass is 9.73. The third kappa shape index (κ3) is 12.2. The molecule has 14 heteroatoms. The summed E-state index contributed by atoms with van der Waals surface area (Å²) in [7, 11) is -2.50. The van der Waals surface area contributed by atoms with Crippen molar-refractivity contribution in [3.8, 4) is 0 Å². The molecule has 1 unspecified atom stereocenters. The van der Waals surface area contributed by atoms with Gasteiger partial charge in [0, 0.05) is 17.2 Å². The Morgan fingerprint density at radius 3 is 2.37 bits per heavy atom. The Hall–Kier alpha value is -1.21. The van der Waals surface area contributed by atoms with E-state index < -0.39 is 60.5 Å². The van der Waals surface area contributed by atoms with Gasteiger partial charge in [0.05, 0.1) is 41.4 Å². The number of fused-ring (bicyclic) bond motifs is 1. The van der Waals surface area contributed by atoms with E-state index in [2.05, 4.69) is 38.8 Å². The van der Waals surface area contributed by atoms with Gasteiger partial charge < -0.3 is 23.4 Å². The Balaban J connectivity index is 2.00. The second-order valence-corrected chi connectivity index (χ2v) is 24.0. The largest absolute Gasteiger partial charge is 0.508 e. The lowest BCUT2D eigenvalue weighted by Gasteiger charge is -2.44. The normalized spacial score (nSPS) is 29.5. The summed E-state index contributed by atoms with van der Waals surface area (Å²) in [5, 5.41) is 2.73. The van der Waals surface area contributed by atoms with E-state index in [1.165, 1.54) is 0 Å². The van der Waals surface area contributed by atoms with Crippen LogP contribution in [0.4, 0.5) is 4.79 Å². The minimum atomic E-state index is -2.50. The molecular weight excluding hydrogens is 729 g/mol. The van der Waals surface area contributed by atoms with Crippen LogP contribution in [0, 0.1) is 24.2 Å². The number of ketones is 1. The van der Waals surface area contributed by atoms with E-state index in [9.17, 15) is 14.4 Å². The Morgan fingerprint density at radius 1 is 1.14 bits per heavy atom. The number of Topliss-reactive ketones (excluding diaryl/α,β-unsaturated/α-hetero) is 1. The van der Waals surface area contributed by atoms with E-state index in [0.29, 0.717) is 12.8 Å². The number of carbonyl (C=O) groups excluding carboxylic acids is 3. The van der Waals surface area contributed by atoms with Gasteiger partial charge in [0.1, 0.15) is 24.6 Å². The molecule has 3 heterocycles. The van der Waals surface area contributed by atoms with E-state index >= 15 is 0 Å².